The minimum atomic E-state index is -0.343. The third-order valence-electron chi connectivity index (χ3n) is 3.58. The zero-order valence-corrected chi connectivity index (χ0v) is 11.7. The fraction of sp³-hybridized carbons (Fsp3) is 0.429. The molecule has 1 aromatic carbocycles. The van der Waals surface area contributed by atoms with Crippen LogP contribution in [0.25, 0.3) is 0 Å². The summed E-state index contributed by atoms with van der Waals surface area (Å²) in [5.41, 5.74) is 11.5. The highest BCUT2D eigenvalue weighted by Crippen LogP contribution is 2.19. The van der Waals surface area contributed by atoms with Crippen LogP contribution in [-0.2, 0) is 4.79 Å². The summed E-state index contributed by atoms with van der Waals surface area (Å²) in [5, 5.41) is 12.3. The number of anilines is 1. The van der Waals surface area contributed by atoms with E-state index in [1.54, 1.807) is 0 Å². The smallest absolute Gasteiger partial charge is 0.253 e. The number of nitrogen functional groups attached to an aromatic ring is 1. The molecule has 1 aliphatic rings. The third-order valence-corrected chi connectivity index (χ3v) is 3.58. The fourth-order valence-electron chi connectivity index (χ4n) is 2.46. The first-order chi connectivity index (χ1) is 9.95. The van der Waals surface area contributed by atoms with Crippen molar-refractivity contribution in [3.63, 3.8) is 0 Å². The van der Waals surface area contributed by atoms with E-state index in [2.05, 4.69) is 5.32 Å². The molecule has 2 rings (SSSR count). The van der Waals surface area contributed by atoms with Gasteiger partial charge < -0.3 is 21.9 Å². The first-order valence-corrected chi connectivity index (χ1v) is 6.85. The Morgan fingerprint density at radius 3 is 2.62 bits per heavy atom. The summed E-state index contributed by atoms with van der Waals surface area (Å²) in [6.07, 6.45) is 1.50. The number of amides is 2. The number of piperidine rings is 1. The van der Waals surface area contributed by atoms with Gasteiger partial charge in [-0.1, -0.05) is 0 Å². The molecule has 0 bridgehead atoms. The molecule has 1 aliphatic heterocycles. The number of phenolic OH excluding ortho intramolecular Hbond substituents is 1. The van der Waals surface area contributed by atoms with E-state index in [0.717, 1.165) is 12.8 Å². The molecule has 0 aromatic heterocycles. The van der Waals surface area contributed by atoms with Crippen LogP contribution in [0, 0.1) is 0 Å². The molecule has 7 nitrogen and oxygen atoms in total. The highest BCUT2D eigenvalue weighted by molar-refractivity contribution is 5.99. The molecule has 0 spiro atoms. The molecular weight excluding hydrogens is 272 g/mol. The molecule has 114 valence electrons. The van der Waals surface area contributed by atoms with Crippen LogP contribution in [0.1, 0.15) is 23.2 Å². The number of rotatable bonds is 4. The second-order valence-electron chi connectivity index (χ2n) is 5.26. The number of hydrogen-bond donors (Lipinski definition) is 4. The molecule has 0 saturated carbocycles. The van der Waals surface area contributed by atoms with Crippen LogP contribution < -0.4 is 16.8 Å². The zero-order chi connectivity index (χ0) is 15.4. The lowest BCUT2D eigenvalue weighted by Gasteiger charge is -2.31. The Morgan fingerprint density at radius 2 is 2.00 bits per heavy atom. The van der Waals surface area contributed by atoms with Gasteiger partial charge in [0.05, 0.1) is 12.1 Å². The van der Waals surface area contributed by atoms with Crippen molar-refractivity contribution in [1.29, 1.82) is 0 Å². The Kier molecular flexibility index (Phi) is 4.64. The number of carbonyl (C=O) groups excluding carboxylic acids is 2. The van der Waals surface area contributed by atoms with Crippen LogP contribution in [0.5, 0.6) is 5.75 Å². The Labute approximate surface area is 122 Å². The molecule has 0 aliphatic carbocycles. The topological polar surface area (TPSA) is 122 Å². The highest BCUT2D eigenvalue weighted by Gasteiger charge is 2.22. The molecule has 1 fully saturated rings. The van der Waals surface area contributed by atoms with Crippen LogP contribution in [0.3, 0.4) is 0 Å². The van der Waals surface area contributed by atoms with Crippen molar-refractivity contribution < 1.29 is 14.7 Å². The van der Waals surface area contributed by atoms with E-state index in [-0.39, 0.29) is 35.7 Å². The Morgan fingerprint density at radius 1 is 1.33 bits per heavy atom. The van der Waals surface area contributed by atoms with E-state index < -0.39 is 0 Å². The van der Waals surface area contributed by atoms with Gasteiger partial charge in [-0.2, -0.15) is 0 Å². The van der Waals surface area contributed by atoms with Crippen molar-refractivity contribution in [2.24, 2.45) is 5.73 Å². The number of benzene rings is 1. The molecule has 6 N–H and O–H groups in total. The summed E-state index contributed by atoms with van der Waals surface area (Å²) >= 11 is 0. The number of aromatic hydroxyl groups is 1. The van der Waals surface area contributed by atoms with E-state index in [1.807, 2.05) is 4.90 Å². The maximum absolute atomic E-state index is 12.2. The van der Waals surface area contributed by atoms with Crippen LogP contribution in [0.4, 0.5) is 5.69 Å². The maximum Gasteiger partial charge on any atom is 0.253 e. The third kappa shape index (κ3) is 4.09. The fourth-order valence-corrected chi connectivity index (χ4v) is 2.46. The van der Waals surface area contributed by atoms with Crippen molar-refractivity contribution >= 4 is 17.5 Å². The molecule has 1 aromatic rings. The van der Waals surface area contributed by atoms with E-state index in [4.69, 9.17) is 11.5 Å². The number of nitrogens with one attached hydrogen (secondary N) is 1. The van der Waals surface area contributed by atoms with Crippen molar-refractivity contribution in [1.82, 2.24) is 10.2 Å². The molecule has 2 amide bonds. The quantitative estimate of drug-likeness (QED) is 0.446. The minimum Gasteiger partial charge on any atom is -0.508 e. The van der Waals surface area contributed by atoms with E-state index >= 15 is 0 Å². The number of likely N-dealkylation sites (tertiary alicyclic amines) is 1. The van der Waals surface area contributed by atoms with E-state index in [9.17, 15) is 14.7 Å². The number of carbonyl (C=O) groups is 2. The lowest BCUT2D eigenvalue weighted by Crippen LogP contribution is -2.46. The maximum atomic E-state index is 12.2. The van der Waals surface area contributed by atoms with Crippen molar-refractivity contribution in [2.45, 2.75) is 18.9 Å². The average molecular weight is 292 g/mol. The summed E-state index contributed by atoms with van der Waals surface area (Å²) in [7, 11) is 0. The molecule has 1 saturated heterocycles. The molecule has 1 heterocycles. The SMILES string of the molecule is NC(=O)CN1CCC(NC(=O)c2cc(O)ccc2N)CC1. The average Bonchev–Trinajstić information content (AvgIpc) is 2.43. The van der Waals surface area contributed by atoms with Crippen molar-refractivity contribution in [3.8, 4) is 5.75 Å². The number of nitrogens with two attached hydrogens (primary N) is 2. The van der Waals surface area contributed by atoms with Gasteiger partial charge in [0.1, 0.15) is 5.75 Å². The van der Waals surface area contributed by atoms with Crippen LogP contribution in [0.2, 0.25) is 0 Å². The van der Waals surface area contributed by atoms with E-state index in [0.29, 0.717) is 18.8 Å². The summed E-state index contributed by atoms with van der Waals surface area (Å²) in [6.45, 7) is 1.67. The number of phenols is 1. The molecule has 0 radical (unpaired) electrons. The number of primary amides is 1. The predicted octanol–water partition coefficient (Wildman–Crippen LogP) is -0.346. The summed E-state index contributed by atoms with van der Waals surface area (Å²) < 4.78 is 0. The lowest BCUT2D eigenvalue weighted by molar-refractivity contribution is -0.119. The first kappa shape index (κ1) is 15.1. The van der Waals surface area contributed by atoms with Gasteiger partial charge in [0.25, 0.3) is 5.91 Å². The zero-order valence-electron chi connectivity index (χ0n) is 11.7. The van der Waals surface area contributed by atoms with Gasteiger partial charge in [0.15, 0.2) is 0 Å². The number of nitrogens with zero attached hydrogens (tertiary/aromatic N) is 1. The molecule has 21 heavy (non-hydrogen) atoms. The molecule has 7 heteroatoms. The predicted molar refractivity (Wildman–Crippen MR) is 78.6 cm³/mol. The summed E-state index contributed by atoms with van der Waals surface area (Å²) in [6, 6.07) is 4.32. The molecule has 0 atom stereocenters. The largest absolute Gasteiger partial charge is 0.508 e. The van der Waals surface area contributed by atoms with Crippen molar-refractivity contribution in [2.75, 3.05) is 25.4 Å². The Bertz CT molecular complexity index is 539. The van der Waals surface area contributed by atoms with Gasteiger partial charge in [-0.3, -0.25) is 14.5 Å². The molecule has 0 unspecified atom stereocenters. The minimum absolute atomic E-state index is 0.00521. The van der Waals surface area contributed by atoms with Gasteiger partial charge >= 0.3 is 0 Å². The van der Waals surface area contributed by atoms with Crippen LogP contribution >= 0.6 is 0 Å². The Balaban J connectivity index is 1.90. The van der Waals surface area contributed by atoms with Crippen LogP contribution in [-0.4, -0.2) is 47.5 Å². The monoisotopic (exact) mass is 292 g/mol. The van der Waals surface area contributed by atoms with Gasteiger partial charge in [0.2, 0.25) is 5.91 Å². The van der Waals surface area contributed by atoms with Gasteiger partial charge in [-0.25, -0.2) is 0 Å². The van der Waals surface area contributed by atoms with Gasteiger partial charge in [0, 0.05) is 24.8 Å². The standard InChI is InChI=1S/C14H20N4O3/c15-12-2-1-10(19)7-11(12)14(21)17-9-3-5-18(6-4-9)8-13(16)20/h1-2,7,9,19H,3-6,8,15H2,(H2,16,20)(H,17,21). The molecular formula is C14H20N4O3. The van der Waals surface area contributed by atoms with Gasteiger partial charge in [-0.15, -0.1) is 0 Å². The summed E-state index contributed by atoms with van der Waals surface area (Å²) in [4.78, 5) is 25.0. The number of hydrogen-bond acceptors (Lipinski definition) is 5. The van der Waals surface area contributed by atoms with Crippen molar-refractivity contribution in [3.05, 3.63) is 23.8 Å². The second-order valence-corrected chi connectivity index (χ2v) is 5.26. The Hall–Kier alpha value is -2.28. The van der Waals surface area contributed by atoms with E-state index in [1.165, 1.54) is 18.2 Å². The first-order valence-electron chi connectivity index (χ1n) is 6.85. The second kappa shape index (κ2) is 6.45. The normalized spacial score (nSPS) is 16.6. The summed E-state index contributed by atoms with van der Waals surface area (Å²) in [5.74, 6) is -0.632. The van der Waals surface area contributed by atoms with Gasteiger partial charge in [-0.05, 0) is 31.0 Å². The van der Waals surface area contributed by atoms with Crippen LogP contribution in [0.15, 0.2) is 18.2 Å². The lowest BCUT2D eigenvalue weighted by atomic mass is 10.0. The highest BCUT2D eigenvalue weighted by atomic mass is 16.3.